The van der Waals surface area contributed by atoms with Crippen LogP contribution in [0, 0.1) is 5.92 Å². The van der Waals surface area contributed by atoms with E-state index in [0.29, 0.717) is 18.5 Å². The lowest BCUT2D eigenvalue weighted by Gasteiger charge is -2.18. The highest BCUT2D eigenvalue weighted by Crippen LogP contribution is 2.07. The summed E-state index contributed by atoms with van der Waals surface area (Å²) < 4.78 is 1.78. The van der Waals surface area contributed by atoms with E-state index < -0.39 is 0 Å². The van der Waals surface area contributed by atoms with E-state index in [0.717, 1.165) is 17.6 Å². The second-order valence-corrected chi connectivity index (χ2v) is 5.22. The van der Waals surface area contributed by atoms with Crippen LogP contribution in [0.3, 0.4) is 0 Å². The molecule has 0 aliphatic rings. The van der Waals surface area contributed by atoms with Gasteiger partial charge in [0.2, 0.25) is 0 Å². The molecule has 1 heterocycles. The standard InChI is InChI=1S/C15H21N3O/c1-11(2)12(3)16-8-9-18-14-7-5-4-6-13(14)17-10-15(18)19/h4-7,10-12,16H,8-9H2,1-3H3. The summed E-state index contributed by atoms with van der Waals surface area (Å²) in [6.45, 7) is 7.99. The molecule has 1 aromatic heterocycles. The van der Waals surface area contributed by atoms with Crippen LogP contribution in [0.4, 0.5) is 0 Å². The van der Waals surface area contributed by atoms with Gasteiger partial charge in [-0.05, 0) is 25.0 Å². The molecule has 0 amide bonds. The van der Waals surface area contributed by atoms with Gasteiger partial charge in [0.05, 0.1) is 17.2 Å². The summed E-state index contributed by atoms with van der Waals surface area (Å²) in [6.07, 6.45) is 1.40. The predicted octanol–water partition coefficient (Wildman–Crippen LogP) is 2.03. The van der Waals surface area contributed by atoms with Crippen LogP contribution < -0.4 is 10.9 Å². The summed E-state index contributed by atoms with van der Waals surface area (Å²) in [6, 6.07) is 8.18. The fourth-order valence-electron chi connectivity index (χ4n) is 1.99. The summed E-state index contributed by atoms with van der Waals surface area (Å²) in [5, 5.41) is 3.44. The molecule has 2 rings (SSSR count). The van der Waals surface area contributed by atoms with E-state index >= 15 is 0 Å². The van der Waals surface area contributed by atoms with Crippen LogP contribution in [0.15, 0.2) is 35.3 Å². The van der Waals surface area contributed by atoms with Crippen molar-refractivity contribution in [1.29, 1.82) is 0 Å². The molecule has 0 spiro atoms. The third-order valence-corrected chi connectivity index (χ3v) is 3.55. The Hall–Kier alpha value is -1.68. The van der Waals surface area contributed by atoms with Gasteiger partial charge in [-0.1, -0.05) is 26.0 Å². The monoisotopic (exact) mass is 259 g/mol. The molecular formula is C15H21N3O. The van der Waals surface area contributed by atoms with Gasteiger partial charge in [0.1, 0.15) is 0 Å². The number of para-hydroxylation sites is 2. The Bertz CT molecular complexity index is 604. The topological polar surface area (TPSA) is 46.9 Å². The van der Waals surface area contributed by atoms with Gasteiger partial charge in [0, 0.05) is 19.1 Å². The second-order valence-electron chi connectivity index (χ2n) is 5.22. The van der Waals surface area contributed by atoms with Crippen LogP contribution in [-0.4, -0.2) is 22.1 Å². The van der Waals surface area contributed by atoms with Gasteiger partial charge in [-0.15, -0.1) is 0 Å². The average molecular weight is 259 g/mol. The number of aromatic nitrogens is 2. The first kappa shape index (κ1) is 13.7. The highest BCUT2D eigenvalue weighted by Gasteiger charge is 2.07. The summed E-state index contributed by atoms with van der Waals surface area (Å²) in [5.41, 5.74) is 1.71. The van der Waals surface area contributed by atoms with Crippen LogP contribution in [0.5, 0.6) is 0 Å². The Morgan fingerprint density at radius 1 is 1.26 bits per heavy atom. The molecule has 0 radical (unpaired) electrons. The van der Waals surface area contributed by atoms with Crippen molar-refractivity contribution in [2.24, 2.45) is 5.92 Å². The molecule has 0 saturated heterocycles. The van der Waals surface area contributed by atoms with Gasteiger partial charge in [0.25, 0.3) is 5.56 Å². The Morgan fingerprint density at radius 3 is 2.74 bits per heavy atom. The molecule has 0 saturated carbocycles. The van der Waals surface area contributed by atoms with Crippen LogP contribution in [0.25, 0.3) is 11.0 Å². The van der Waals surface area contributed by atoms with Gasteiger partial charge < -0.3 is 9.88 Å². The maximum atomic E-state index is 11.9. The maximum absolute atomic E-state index is 11.9. The van der Waals surface area contributed by atoms with Crippen LogP contribution in [0.1, 0.15) is 20.8 Å². The number of hydrogen-bond acceptors (Lipinski definition) is 3. The second kappa shape index (κ2) is 5.97. The molecule has 0 aliphatic carbocycles. The van der Waals surface area contributed by atoms with Crippen molar-refractivity contribution in [2.45, 2.75) is 33.4 Å². The van der Waals surface area contributed by atoms with Crippen molar-refractivity contribution in [1.82, 2.24) is 14.9 Å². The molecular weight excluding hydrogens is 238 g/mol. The van der Waals surface area contributed by atoms with Gasteiger partial charge in [-0.3, -0.25) is 4.79 Å². The molecule has 1 unspecified atom stereocenters. The third kappa shape index (κ3) is 3.20. The Kier molecular flexibility index (Phi) is 4.32. The maximum Gasteiger partial charge on any atom is 0.269 e. The van der Waals surface area contributed by atoms with Gasteiger partial charge in [-0.25, -0.2) is 4.98 Å². The Balaban J connectivity index is 2.16. The quantitative estimate of drug-likeness (QED) is 0.893. The van der Waals surface area contributed by atoms with E-state index in [-0.39, 0.29) is 5.56 Å². The number of fused-ring (bicyclic) bond motifs is 1. The molecule has 102 valence electrons. The normalized spacial score (nSPS) is 13.1. The van der Waals surface area contributed by atoms with E-state index in [2.05, 4.69) is 31.1 Å². The smallest absolute Gasteiger partial charge is 0.269 e. The highest BCUT2D eigenvalue weighted by atomic mass is 16.1. The van der Waals surface area contributed by atoms with Crippen molar-refractivity contribution in [3.8, 4) is 0 Å². The fourth-order valence-corrected chi connectivity index (χ4v) is 1.99. The van der Waals surface area contributed by atoms with E-state index in [1.165, 1.54) is 6.20 Å². The summed E-state index contributed by atoms with van der Waals surface area (Å²) in [7, 11) is 0. The lowest BCUT2D eigenvalue weighted by Crippen LogP contribution is -2.35. The van der Waals surface area contributed by atoms with Crippen molar-refractivity contribution in [3.63, 3.8) is 0 Å². The van der Waals surface area contributed by atoms with E-state index in [9.17, 15) is 4.79 Å². The average Bonchev–Trinajstić information content (AvgIpc) is 2.41. The molecule has 1 atom stereocenters. The fraction of sp³-hybridized carbons (Fsp3) is 0.467. The molecule has 0 fully saturated rings. The zero-order chi connectivity index (χ0) is 13.8. The Morgan fingerprint density at radius 2 is 2.00 bits per heavy atom. The molecule has 0 aliphatic heterocycles. The first-order chi connectivity index (χ1) is 9.09. The van der Waals surface area contributed by atoms with E-state index in [1.807, 2.05) is 24.3 Å². The van der Waals surface area contributed by atoms with E-state index in [4.69, 9.17) is 0 Å². The zero-order valence-electron chi connectivity index (χ0n) is 11.8. The first-order valence-corrected chi connectivity index (χ1v) is 6.77. The molecule has 1 aromatic carbocycles. The number of rotatable bonds is 5. The minimum atomic E-state index is -0.0438. The number of nitrogens with zero attached hydrogens (tertiary/aromatic N) is 2. The van der Waals surface area contributed by atoms with Crippen LogP contribution in [0.2, 0.25) is 0 Å². The third-order valence-electron chi connectivity index (χ3n) is 3.55. The number of nitrogens with one attached hydrogen (secondary N) is 1. The van der Waals surface area contributed by atoms with Crippen molar-refractivity contribution in [2.75, 3.05) is 6.54 Å². The predicted molar refractivity (Wildman–Crippen MR) is 78.3 cm³/mol. The van der Waals surface area contributed by atoms with Crippen LogP contribution >= 0.6 is 0 Å². The molecule has 4 nitrogen and oxygen atoms in total. The largest absolute Gasteiger partial charge is 0.312 e. The highest BCUT2D eigenvalue weighted by molar-refractivity contribution is 5.74. The molecule has 2 aromatic rings. The van der Waals surface area contributed by atoms with Crippen molar-refractivity contribution in [3.05, 3.63) is 40.8 Å². The first-order valence-electron chi connectivity index (χ1n) is 6.77. The molecule has 19 heavy (non-hydrogen) atoms. The van der Waals surface area contributed by atoms with Gasteiger partial charge in [-0.2, -0.15) is 0 Å². The zero-order valence-corrected chi connectivity index (χ0v) is 11.8. The van der Waals surface area contributed by atoms with Crippen LogP contribution in [-0.2, 0) is 6.54 Å². The molecule has 4 heteroatoms. The minimum Gasteiger partial charge on any atom is -0.312 e. The van der Waals surface area contributed by atoms with Crippen molar-refractivity contribution >= 4 is 11.0 Å². The minimum absolute atomic E-state index is 0.0438. The molecule has 0 bridgehead atoms. The lowest BCUT2D eigenvalue weighted by atomic mass is 10.1. The SMILES string of the molecule is CC(C)C(C)NCCn1c(=O)cnc2ccccc21. The van der Waals surface area contributed by atoms with Gasteiger partial charge >= 0.3 is 0 Å². The Labute approximate surface area is 113 Å². The van der Waals surface area contributed by atoms with Crippen molar-refractivity contribution < 1.29 is 0 Å². The summed E-state index contributed by atoms with van der Waals surface area (Å²) in [5.74, 6) is 0.589. The lowest BCUT2D eigenvalue weighted by molar-refractivity contribution is 0.417. The molecule has 1 N–H and O–H groups in total. The summed E-state index contributed by atoms with van der Waals surface area (Å²) in [4.78, 5) is 16.1. The van der Waals surface area contributed by atoms with Gasteiger partial charge in [0.15, 0.2) is 0 Å². The number of benzene rings is 1. The summed E-state index contributed by atoms with van der Waals surface area (Å²) >= 11 is 0. The van der Waals surface area contributed by atoms with E-state index in [1.54, 1.807) is 4.57 Å². The number of hydrogen-bond donors (Lipinski definition) is 1.